The number of nitrogens with zero attached hydrogens (tertiary/aromatic N) is 4. The van der Waals surface area contributed by atoms with Crippen LogP contribution in [0.2, 0.25) is 0 Å². The van der Waals surface area contributed by atoms with E-state index in [2.05, 4.69) is 51.4 Å². The Morgan fingerprint density at radius 2 is 1.66 bits per heavy atom. The molecule has 0 bridgehead atoms. The molecule has 29 heavy (non-hydrogen) atoms. The van der Waals surface area contributed by atoms with Gasteiger partial charge in [0.2, 0.25) is 0 Å². The Morgan fingerprint density at radius 1 is 1.00 bits per heavy atom. The van der Waals surface area contributed by atoms with E-state index in [0.29, 0.717) is 5.82 Å². The van der Waals surface area contributed by atoms with Crippen molar-refractivity contribution in [2.45, 2.75) is 19.8 Å². The molecule has 0 atom stereocenters. The number of carbonyl (C=O) groups excluding carboxylic acids is 2. The maximum atomic E-state index is 8.12. The first kappa shape index (κ1) is 20.2. The van der Waals surface area contributed by atoms with Crippen molar-refractivity contribution in [1.29, 1.82) is 0 Å². The van der Waals surface area contributed by atoms with Gasteiger partial charge >= 0.3 is 6.15 Å². The predicted octanol–water partition coefficient (Wildman–Crippen LogP) is 2.99. The average Bonchev–Trinajstić information content (AvgIpc) is 2.98. The molecule has 0 unspecified atom stereocenters. The summed E-state index contributed by atoms with van der Waals surface area (Å²) < 4.78 is 0. The van der Waals surface area contributed by atoms with E-state index in [0.717, 1.165) is 49.8 Å². The quantitative estimate of drug-likeness (QED) is 0.734. The molecule has 3 aromatic rings. The summed E-state index contributed by atoms with van der Waals surface area (Å²) in [6.07, 6.45) is 4.10. The smallest absolute Gasteiger partial charge is 0.370 e. The molecule has 2 aromatic heterocycles. The Morgan fingerprint density at radius 3 is 2.24 bits per heavy atom. The van der Waals surface area contributed by atoms with Crippen molar-refractivity contribution in [1.82, 2.24) is 15.0 Å². The largest absolute Gasteiger partial charge is 0.373 e. The van der Waals surface area contributed by atoms with Crippen molar-refractivity contribution in [2.75, 3.05) is 29.9 Å². The highest BCUT2D eigenvalue weighted by Crippen LogP contribution is 2.24. The SMILES string of the molecule is CCNc1cc(N2CCc3ccccc3CC2)nc(-c2ccccn2)n1.O=C=O. The molecular weight excluding hydrogens is 366 g/mol. The van der Waals surface area contributed by atoms with Gasteiger partial charge in [-0.15, -0.1) is 0 Å². The fraction of sp³-hybridized carbons (Fsp3) is 0.273. The molecule has 0 fully saturated rings. The molecule has 0 aliphatic carbocycles. The number of benzene rings is 1. The van der Waals surface area contributed by atoms with Crippen LogP contribution in [0, 0.1) is 0 Å². The van der Waals surface area contributed by atoms with Crippen LogP contribution < -0.4 is 10.2 Å². The van der Waals surface area contributed by atoms with Crippen molar-refractivity contribution in [2.24, 2.45) is 0 Å². The summed E-state index contributed by atoms with van der Waals surface area (Å²) in [6, 6.07) is 16.6. The first-order chi connectivity index (χ1) is 14.2. The Bertz CT molecular complexity index is 945. The molecule has 148 valence electrons. The lowest BCUT2D eigenvalue weighted by Crippen LogP contribution is -2.27. The number of nitrogens with one attached hydrogen (secondary N) is 1. The lowest BCUT2D eigenvalue weighted by atomic mass is 10.0. The van der Waals surface area contributed by atoms with Crippen LogP contribution in [0.5, 0.6) is 0 Å². The molecule has 1 aromatic carbocycles. The molecule has 1 aliphatic heterocycles. The summed E-state index contributed by atoms with van der Waals surface area (Å²) in [7, 11) is 0. The van der Waals surface area contributed by atoms with Gasteiger partial charge in [-0.3, -0.25) is 4.98 Å². The number of rotatable bonds is 4. The molecule has 4 rings (SSSR count). The summed E-state index contributed by atoms with van der Waals surface area (Å²) in [6.45, 7) is 4.82. The number of aromatic nitrogens is 3. The lowest BCUT2D eigenvalue weighted by molar-refractivity contribution is -0.191. The number of anilines is 2. The fourth-order valence-electron chi connectivity index (χ4n) is 3.37. The zero-order valence-electron chi connectivity index (χ0n) is 16.3. The van der Waals surface area contributed by atoms with Crippen molar-refractivity contribution in [3.8, 4) is 11.5 Å². The van der Waals surface area contributed by atoms with Crippen molar-refractivity contribution in [3.05, 3.63) is 65.9 Å². The third-order valence-corrected chi connectivity index (χ3v) is 4.71. The monoisotopic (exact) mass is 389 g/mol. The zero-order chi connectivity index (χ0) is 20.5. The van der Waals surface area contributed by atoms with Gasteiger partial charge in [-0.1, -0.05) is 30.3 Å². The molecule has 0 amide bonds. The minimum absolute atomic E-state index is 0.250. The van der Waals surface area contributed by atoms with Crippen molar-refractivity contribution >= 4 is 17.8 Å². The van der Waals surface area contributed by atoms with E-state index < -0.39 is 0 Å². The minimum Gasteiger partial charge on any atom is -0.370 e. The van der Waals surface area contributed by atoms with Crippen molar-refractivity contribution < 1.29 is 9.59 Å². The van der Waals surface area contributed by atoms with Crippen LogP contribution in [0.1, 0.15) is 18.1 Å². The number of hydrogen-bond acceptors (Lipinski definition) is 7. The van der Waals surface area contributed by atoms with E-state index >= 15 is 0 Å². The van der Waals surface area contributed by atoms with Gasteiger partial charge in [0.05, 0.1) is 0 Å². The molecule has 3 heterocycles. The third-order valence-electron chi connectivity index (χ3n) is 4.71. The summed E-state index contributed by atoms with van der Waals surface area (Å²) >= 11 is 0. The normalized spacial score (nSPS) is 12.7. The number of pyridine rings is 1. The van der Waals surface area contributed by atoms with Gasteiger partial charge in [0.25, 0.3) is 0 Å². The van der Waals surface area contributed by atoms with Crippen LogP contribution in [-0.4, -0.2) is 40.7 Å². The highest BCUT2D eigenvalue weighted by atomic mass is 16.2. The second kappa shape index (κ2) is 10.1. The maximum absolute atomic E-state index is 8.12. The summed E-state index contributed by atoms with van der Waals surface area (Å²) in [5.41, 5.74) is 3.69. The van der Waals surface area contributed by atoms with Crippen LogP contribution in [0.3, 0.4) is 0 Å². The third kappa shape index (κ3) is 5.24. The summed E-state index contributed by atoms with van der Waals surface area (Å²) in [5.74, 6) is 2.48. The molecule has 7 nitrogen and oxygen atoms in total. The zero-order valence-corrected chi connectivity index (χ0v) is 16.3. The molecule has 0 spiro atoms. The van der Waals surface area contributed by atoms with Gasteiger partial charge in [0.15, 0.2) is 5.82 Å². The molecule has 0 saturated carbocycles. The first-order valence-corrected chi connectivity index (χ1v) is 9.60. The van der Waals surface area contributed by atoms with E-state index in [1.165, 1.54) is 11.1 Å². The maximum Gasteiger partial charge on any atom is 0.373 e. The minimum atomic E-state index is 0.250. The van der Waals surface area contributed by atoms with Crippen LogP contribution in [0.4, 0.5) is 11.6 Å². The van der Waals surface area contributed by atoms with Gasteiger partial charge < -0.3 is 10.2 Å². The predicted molar refractivity (Wildman–Crippen MR) is 110 cm³/mol. The van der Waals surface area contributed by atoms with Gasteiger partial charge in [0, 0.05) is 31.9 Å². The second-order valence-electron chi connectivity index (χ2n) is 6.52. The Kier molecular flexibility index (Phi) is 7.03. The van der Waals surface area contributed by atoms with Gasteiger partial charge in [-0.2, -0.15) is 9.59 Å². The number of hydrogen-bond donors (Lipinski definition) is 1. The topological polar surface area (TPSA) is 88.1 Å². The molecular formula is C22H23N5O2. The standard InChI is InChI=1S/C21H23N5.CO2/c1-2-22-19-15-20(25-21(24-19)18-9-5-6-12-23-18)26-13-10-16-7-3-4-8-17(16)11-14-26;2-1-3/h3-9,12,15H,2,10-11,13-14H2,1H3,(H,22,24,25);. The molecule has 7 heteroatoms. The Hall–Kier alpha value is -3.57. The first-order valence-electron chi connectivity index (χ1n) is 9.60. The van der Waals surface area contributed by atoms with Gasteiger partial charge in [-0.05, 0) is 43.0 Å². The van der Waals surface area contributed by atoms with Crippen LogP contribution >= 0.6 is 0 Å². The van der Waals surface area contributed by atoms with E-state index in [1.54, 1.807) is 6.20 Å². The van der Waals surface area contributed by atoms with E-state index in [1.807, 2.05) is 24.3 Å². The van der Waals surface area contributed by atoms with Crippen LogP contribution in [-0.2, 0) is 22.4 Å². The highest BCUT2D eigenvalue weighted by molar-refractivity contribution is 5.59. The molecule has 0 radical (unpaired) electrons. The number of fused-ring (bicyclic) bond motifs is 1. The highest BCUT2D eigenvalue weighted by Gasteiger charge is 2.17. The molecule has 1 aliphatic rings. The van der Waals surface area contributed by atoms with Gasteiger partial charge in [-0.25, -0.2) is 9.97 Å². The lowest BCUT2D eigenvalue weighted by Gasteiger charge is -2.22. The van der Waals surface area contributed by atoms with E-state index in [9.17, 15) is 0 Å². The fourth-order valence-corrected chi connectivity index (χ4v) is 3.37. The van der Waals surface area contributed by atoms with Crippen molar-refractivity contribution in [3.63, 3.8) is 0 Å². The summed E-state index contributed by atoms with van der Waals surface area (Å²) in [4.78, 5) is 32.5. The second-order valence-corrected chi connectivity index (χ2v) is 6.52. The molecule has 1 N–H and O–H groups in total. The molecule has 0 saturated heterocycles. The van der Waals surface area contributed by atoms with Gasteiger partial charge in [0.1, 0.15) is 17.3 Å². The van der Waals surface area contributed by atoms with Crippen LogP contribution in [0.15, 0.2) is 54.7 Å². The Balaban J connectivity index is 0.000000755. The summed E-state index contributed by atoms with van der Waals surface area (Å²) in [5, 5.41) is 3.32. The average molecular weight is 389 g/mol. The Labute approximate surface area is 169 Å². The van der Waals surface area contributed by atoms with E-state index in [4.69, 9.17) is 14.6 Å². The van der Waals surface area contributed by atoms with E-state index in [-0.39, 0.29) is 6.15 Å². The van der Waals surface area contributed by atoms with Crippen LogP contribution in [0.25, 0.3) is 11.5 Å².